The minimum absolute atomic E-state index is 0.156. The number of aromatic nitrogens is 3. The summed E-state index contributed by atoms with van der Waals surface area (Å²) in [6.45, 7) is 0. The van der Waals surface area contributed by atoms with Gasteiger partial charge in [0.05, 0.1) is 10.6 Å². The van der Waals surface area contributed by atoms with Gasteiger partial charge in [0, 0.05) is 11.8 Å². The summed E-state index contributed by atoms with van der Waals surface area (Å²) in [5, 5.41) is 13.3. The summed E-state index contributed by atoms with van der Waals surface area (Å²) < 4.78 is 5.13. The van der Waals surface area contributed by atoms with Crippen molar-refractivity contribution in [2.24, 2.45) is 0 Å². The van der Waals surface area contributed by atoms with Crippen molar-refractivity contribution in [3.63, 3.8) is 0 Å². The molecule has 2 aromatic heterocycles. The Morgan fingerprint density at radius 2 is 2.10 bits per heavy atom. The summed E-state index contributed by atoms with van der Waals surface area (Å²) in [7, 11) is 0. The van der Waals surface area contributed by atoms with E-state index in [1.165, 1.54) is 18.3 Å². The first-order chi connectivity index (χ1) is 10.1. The second kappa shape index (κ2) is 5.34. The number of nitrogens with zero attached hydrogens (tertiary/aromatic N) is 3. The summed E-state index contributed by atoms with van der Waals surface area (Å²) in [5.74, 6) is -0.479. The van der Waals surface area contributed by atoms with Crippen LogP contribution in [-0.4, -0.2) is 26.2 Å². The molecule has 0 aliphatic carbocycles. The zero-order valence-corrected chi connectivity index (χ0v) is 11.3. The summed E-state index contributed by atoms with van der Waals surface area (Å²) in [5.41, 5.74) is 1.20. The lowest BCUT2D eigenvalue weighted by Gasteiger charge is -1.96. The standard InChI is InChI=1S/C14H8ClN3O3/c15-10-4-5-11(16-7-10)13-17-12(18-21-13)8-2-1-3-9(6-8)14(19)20/h1-7H,(H,19,20). The van der Waals surface area contributed by atoms with Gasteiger partial charge >= 0.3 is 5.97 Å². The van der Waals surface area contributed by atoms with Gasteiger partial charge in [0.2, 0.25) is 5.82 Å². The molecule has 21 heavy (non-hydrogen) atoms. The molecular weight excluding hydrogens is 294 g/mol. The van der Waals surface area contributed by atoms with Crippen LogP contribution in [0.1, 0.15) is 10.4 Å². The smallest absolute Gasteiger partial charge is 0.335 e. The van der Waals surface area contributed by atoms with Crippen molar-refractivity contribution in [1.29, 1.82) is 0 Å². The highest BCUT2D eigenvalue weighted by molar-refractivity contribution is 6.30. The molecule has 0 saturated carbocycles. The predicted octanol–water partition coefficient (Wildman–Crippen LogP) is 3.15. The van der Waals surface area contributed by atoms with Crippen molar-refractivity contribution in [2.45, 2.75) is 0 Å². The molecule has 0 fully saturated rings. The third-order valence-corrected chi connectivity index (χ3v) is 2.96. The van der Waals surface area contributed by atoms with Crippen LogP contribution in [0.25, 0.3) is 23.0 Å². The van der Waals surface area contributed by atoms with Crippen LogP contribution >= 0.6 is 11.6 Å². The van der Waals surface area contributed by atoms with Gasteiger partial charge in [-0.1, -0.05) is 28.9 Å². The second-order valence-corrected chi connectivity index (χ2v) is 4.61. The quantitative estimate of drug-likeness (QED) is 0.799. The molecular formula is C14H8ClN3O3. The third-order valence-electron chi connectivity index (χ3n) is 2.74. The van der Waals surface area contributed by atoms with Gasteiger partial charge in [-0.25, -0.2) is 9.78 Å². The highest BCUT2D eigenvalue weighted by Gasteiger charge is 2.13. The van der Waals surface area contributed by atoms with Gasteiger partial charge in [0.25, 0.3) is 5.89 Å². The molecule has 7 heteroatoms. The van der Waals surface area contributed by atoms with Crippen molar-refractivity contribution in [3.8, 4) is 23.0 Å². The molecule has 0 atom stereocenters. The van der Waals surface area contributed by atoms with Crippen LogP contribution in [0.15, 0.2) is 47.1 Å². The first-order valence-corrected chi connectivity index (χ1v) is 6.30. The summed E-state index contributed by atoms with van der Waals surface area (Å²) in [6.07, 6.45) is 1.48. The first-order valence-electron chi connectivity index (χ1n) is 5.93. The molecule has 0 saturated heterocycles. The summed E-state index contributed by atoms with van der Waals surface area (Å²) in [4.78, 5) is 19.2. The average Bonchev–Trinajstić information content (AvgIpc) is 2.98. The maximum atomic E-state index is 11.0. The first kappa shape index (κ1) is 13.3. The van der Waals surface area contributed by atoms with E-state index in [0.29, 0.717) is 22.1 Å². The zero-order valence-electron chi connectivity index (χ0n) is 10.5. The van der Waals surface area contributed by atoms with Crippen LogP contribution < -0.4 is 0 Å². The van der Waals surface area contributed by atoms with E-state index in [-0.39, 0.29) is 11.5 Å². The average molecular weight is 302 g/mol. The molecule has 0 radical (unpaired) electrons. The van der Waals surface area contributed by atoms with Crippen LogP contribution in [0.5, 0.6) is 0 Å². The Balaban J connectivity index is 1.96. The van der Waals surface area contributed by atoms with Gasteiger partial charge in [-0.15, -0.1) is 0 Å². The van der Waals surface area contributed by atoms with Crippen LogP contribution in [0, 0.1) is 0 Å². The highest BCUT2D eigenvalue weighted by Crippen LogP contribution is 2.22. The van der Waals surface area contributed by atoms with Crippen molar-refractivity contribution in [3.05, 3.63) is 53.2 Å². The Kier molecular flexibility index (Phi) is 3.37. The van der Waals surface area contributed by atoms with E-state index in [9.17, 15) is 4.79 Å². The number of hydrogen-bond donors (Lipinski definition) is 1. The zero-order chi connectivity index (χ0) is 14.8. The maximum absolute atomic E-state index is 11.0. The molecule has 1 aromatic carbocycles. The lowest BCUT2D eigenvalue weighted by molar-refractivity contribution is 0.0697. The Labute approximate surface area is 124 Å². The normalized spacial score (nSPS) is 10.5. The number of pyridine rings is 1. The Bertz CT molecular complexity index is 799. The highest BCUT2D eigenvalue weighted by atomic mass is 35.5. The van der Waals surface area contributed by atoms with Gasteiger partial charge in [-0.2, -0.15) is 4.98 Å². The second-order valence-electron chi connectivity index (χ2n) is 4.17. The van der Waals surface area contributed by atoms with Crippen molar-refractivity contribution < 1.29 is 14.4 Å². The number of halogens is 1. The van der Waals surface area contributed by atoms with Crippen molar-refractivity contribution in [1.82, 2.24) is 15.1 Å². The predicted molar refractivity (Wildman–Crippen MR) is 74.9 cm³/mol. The van der Waals surface area contributed by atoms with Crippen LogP contribution in [0.4, 0.5) is 0 Å². The number of carboxylic acid groups (broad SMARTS) is 1. The lowest BCUT2D eigenvalue weighted by Crippen LogP contribution is -1.96. The van der Waals surface area contributed by atoms with Crippen LogP contribution in [0.3, 0.4) is 0 Å². The molecule has 6 nitrogen and oxygen atoms in total. The molecule has 2 heterocycles. The van der Waals surface area contributed by atoms with E-state index in [1.807, 2.05) is 0 Å². The number of rotatable bonds is 3. The molecule has 0 aliphatic heterocycles. The molecule has 0 amide bonds. The number of hydrogen-bond acceptors (Lipinski definition) is 5. The minimum Gasteiger partial charge on any atom is -0.478 e. The molecule has 3 aromatic rings. The number of carbonyl (C=O) groups is 1. The number of aromatic carboxylic acids is 1. The third kappa shape index (κ3) is 2.75. The van der Waals surface area contributed by atoms with Crippen LogP contribution in [0.2, 0.25) is 5.02 Å². The minimum atomic E-state index is -1.01. The van der Waals surface area contributed by atoms with Gasteiger partial charge in [0.15, 0.2) is 0 Å². The monoisotopic (exact) mass is 301 g/mol. The van der Waals surface area contributed by atoms with E-state index in [0.717, 1.165) is 0 Å². The van der Waals surface area contributed by atoms with Crippen molar-refractivity contribution in [2.75, 3.05) is 0 Å². The molecule has 1 N–H and O–H groups in total. The van der Waals surface area contributed by atoms with E-state index in [4.69, 9.17) is 21.2 Å². The summed E-state index contributed by atoms with van der Waals surface area (Å²) in [6, 6.07) is 9.62. The fourth-order valence-electron chi connectivity index (χ4n) is 1.74. The Morgan fingerprint density at radius 3 is 2.81 bits per heavy atom. The van der Waals surface area contributed by atoms with E-state index >= 15 is 0 Å². The van der Waals surface area contributed by atoms with E-state index < -0.39 is 5.97 Å². The van der Waals surface area contributed by atoms with E-state index in [2.05, 4.69) is 15.1 Å². The SMILES string of the molecule is O=C(O)c1cccc(-c2noc(-c3ccc(Cl)cn3)n2)c1. The molecule has 0 aliphatic rings. The fourth-order valence-corrected chi connectivity index (χ4v) is 1.85. The van der Waals surface area contributed by atoms with Gasteiger partial charge in [0.1, 0.15) is 5.69 Å². The van der Waals surface area contributed by atoms with Crippen molar-refractivity contribution >= 4 is 17.6 Å². The topological polar surface area (TPSA) is 89.1 Å². The number of benzene rings is 1. The molecule has 104 valence electrons. The number of carboxylic acids is 1. The molecule has 0 unspecified atom stereocenters. The Hall–Kier alpha value is -2.73. The van der Waals surface area contributed by atoms with Crippen LogP contribution in [-0.2, 0) is 0 Å². The fraction of sp³-hybridized carbons (Fsp3) is 0. The molecule has 0 spiro atoms. The van der Waals surface area contributed by atoms with Gasteiger partial charge in [-0.3, -0.25) is 0 Å². The van der Waals surface area contributed by atoms with Gasteiger partial charge in [-0.05, 0) is 24.3 Å². The largest absolute Gasteiger partial charge is 0.478 e. The Morgan fingerprint density at radius 1 is 1.24 bits per heavy atom. The van der Waals surface area contributed by atoms with Gasteiger partial charge < -0.3 is 9.63 Å². The molecule has 0 bridgehead atoms. The maximum Gasteiger partial charge on any atom is 0.335 e. The summed E-state index contributed by atoms with van der Waals surface area (Å²) >= 11 is 5.76. The molecule has 3 rings (SSSR count). The lowest BCUT2D eigenvalue weighted by atomic mass is 10.1. The van der Waals surface area contributed by atoms with E-state index in [1.54, 1.807) is 24.3 Å².